The molecule has 1 saturated heterocycles. The smallest absolute Gasteiger partial charge is 0.286 e. The number of aromatic nitrogens is 1. The lowest BCUT2D eigenvalue weighted by Crippen LogP contribution is -2.38. The van der Waals surface area contributed by atoms with Crippen molar-refractivity contribution in [2.75, 3.05) is 24.5 Å². The van der Waals surface area contributed by atoms with E-state index in [1.807, 2.05) is 12.3 Å². The minimum absolute atomic E-state index is 0.130. The van der Waals surface area contributed by atoms with Crippen molar-refractivity contribution in [2.24, 2.45) is 5.92 Å². The molecule has 1 aliphatic heterocycles. The number of rotatable bonds is 4. The van der Waals surface area contributed by atoms with Crippen molar-refractivity contribution in [1.82, 2.24) is 10.3 Å². The van der Waals surface area contributed by atoms with Crippen molar-refractivity contribution in [3.8, 4) is 0 Å². The Morgan fingerprint density at radius 2 is 2.19 bits per heavy atom. The monoisotopic (exact) mass is 285 g/mol. The van der Waals surface area contributed by atoms with Crippen LogP contribution in [-0.4, -0.2) is 30.5 Å². The van der Waals surface area contributed by atoms with E-state index in [1.165, 1.54) is 12.0 Å². The van der Waals surface area contributed by atoms with E-state index in [1.54, 1.807) is 18.3 Å². The van der Waals surface area contributed by atoms with Gasteiger partial charge in [-0.15, -0.1) is 0 Å². The molecule has 3 rings (SSSR count). The Kier molecular flexibility index (Phi) is 4.19. The molecule has 5 nitrogen and oxygen atoms in total. The van der Waals surface area contributed by atoms with E-state index in [-0.39, 0.29) is 5.91 Å². The number of anilines is 1. The summed E-state index contributed by atoms with van der Waals surface area (Å²) in [4.78, 5) is 18.3. The zero-order valence-corrected chi connectivity index (χ0v) is 11.9. The third-order valence-electron chi connectivity index (χ3n) is 3.92. The minimum atomic E-state index is -0.130. The Bertz CT molecular complexity index is 560. The fourth-order valence-corrected chi connectivity index (χ4v) is 2.67. The van der Waals surface area contributed by atoms with Gasteiger partial charge in [-0.2, -0.15) is 0 Å². The molecule has 1 amide bonds. The van der Waals surface area contributed by atoms with E-state index in [0.29, 0.717) is 18.2 Å². The van der Waals surface area contributed by atoms with Crippen LogP contribution in [0.3, 0.4) is 0 Å². The summed E-state index contributed by atoms with van der Waals surface area (Å²) >= 11 is 0. The molecule has 1 N–H and O–H groups in total. The summed E-state index contributed by atoms with van der Waals surface area (Å²) in [5.41, 5.74) is 1.18. The van der Waals surface area contributed by atoms with Crippen molar-refractivity contribution >= 4 is 11.6 Å². The van der Waals surface area contributed by atoms with Gasteiger partial charge in [0.05, 0.1) is 18.1 Å². The first-order valence-electron chi connectivity index (χ1n) is 7.29. The summed E-state index contributed by atoms with van der Waals surface area (Å²) in [5.74, 6) is 0.773. The molecular weight excluding hydrogens is 266 g/mol. The SMILES string of the molecule is O=C(NCC1CCN(c2cccnc2)CC1)c1ccco1. The predicted octanol–water partition coefficient (Wildman–Crippen LogP) is 2.32. The van der Waals surface area contributed by atoms with Crippen LogP contribution >= 0.6 is 0 Å². The summed E-state index contributed by atoms with van der Waals surface area (Å²) < 4.78 is 5.08. The standard InChI is InChI=1S/C16H19N3O2/c20-16(15-4-2-10-21-15)18-11-13-5-8-19(9-6-13)14-3-1-7-17-12-14/h1-4,7,10,12-13H,5-6,8-9,11H2,(H,18,20). The molecule has 1 aliphatic rings. The average molecular weight is 285 g/mol. The van der Waals surface area contributed by atoms with E-state index in [2.05, 4.69) is 21.3 Å². The number of amides is 1. The fraction of sp³-hybridized carbons (Fsp3) is 0.375. The van der Waals surface area contributed by atoms with Gasteiger partial charge < -0.3 is 14.6 Å². The van der Waals surface area contributed by atoms with Gasteiger partial charge in [-0.05, 0) is 43.0 Å². The average Bonchev–Trinajstić information content (AvgIpc) is 3.08. The quantitative estimate of drug-likeness (QED) is 0.936. The summed E-state index contributed by atoms with van der Waals surface area (Å²) in [7, 11) is 0. The summed E-state index contributed by atoms with van der Waals surface area (Å²) in [5, 5.41) is 2.95. The molecule has 5 heteroatoms. The van der Waals surface area contributed by atoms with Crippen LogP contribution in [0.4, 0.5) is 5.69 Å². The van der Waals surface area contributed by atoms with Crippen molar-refractivity contribution in [3.63, 3.8) is 0 Å². The maximum Gasteiger partial charge on any atom is 0.286 e. The maximum absolute atomic E-state index is 11.8. The van der Waals surface area contributed by atoms with Gasteiger partial charge in [-0.1, -0.05) is 0 Å². The molecule has 0 aromatic carbocycles. The Hall–Kier alpha value is -2.30. The highest BCUT2D eigenvalue weighted by atomic mass is 16.3. The molecule has 0 bridgehead atoms. The number of nitrogens with zero attached hydrogens (tertiary/aromatic N) is 2. The zero-order chi connectivity index (χ0) is 14.5. The Morgan fingerprint density at radius 3 is 2.86 bits per heavy atom. The molecule has 0 unspecified atom stereocenters. The lowest BCUT2D eigenvalue weighted by molar-refractivity contribution is 0.0917. The highest BCUT2D eigenvalue weighted by molar-refractivity contribution is 5.91. The first kappa shape index (κ1) is 13.7. The van der Waals surface area contributed by atoms with E-state index in [0.717, 1.165) is 25.9 Å². The second-order valence-electron chi connectivity index (χ2n) is 5.33. The molecule has 110 valence electrons. The largest absolute Gasteiger partial charge is 0.459 e. The van der Waals surface area contributed by atoms with Crippen molar-refractivity contribution in [2.45, 2.75) is 12.8 Å². The fourth-order valence-electron chi connectivity index (χ4n) is 2.67. The number of nitrogens with one attached hydrogen (secondary N) is 1. The Morgan fingerprint density at radius 1 is 1.33 bits per heavy atom. The second kappa shape index (κ2) is 6.43. The topological polar surface area (TPSA) is 58.4 Å². The van der Waals surface area contributed by atoms with Crippen molar-refractivity contribution in [1.29, 1.82) is 0 Å². The van der Waals surface area contributed by atoms with Crippen LogP contribution in [0.5, 0.6) is 0 Å². The van der Waals surface area contributed by atoms with Crippen molar-refractivity contribution in [3.05, 3.63) is 48.7 Å². The lowest BCUT2D eigenvalue weighted by atomic mass is 9.96. The first-order chi connectivity index (χ1) is 10.3. The third-order valence-corrected chi connectivity index (χ3v) is 3.92. The van der Waals surface area contributed by atoms with Gasteiger partial charge in [-0.3, -0.25) is 9.78 Å². The van der Waals surface area contributed by atoms with Crippen LogP contribution in [-0.2, 0) is 0 Å². The van der Waals surface area contributed by atoms with Gasteiger partial charge >= 0.3 is 0 Å². The van der Waals surface area contributed by atoms with Crippen LogP contribution in [0.25, 0.3) is 0 Å². The molecule has 2 aromatic heterocycles. The number of pyridine rings is 1. The number of carbonyl (C=O) groups is 1. The zero-order valence-electron chi connectivity index (χ0n) is 11.9. The lowest BCUT2D eigenvalue weighted by Gasteiger charge is -2.33. The number of hydrogen-bond donors (Lipinski definition) is 1. The first-order valence-corrected chi connectivity index (χ1v) is 7.29. The Labute approximate surface area is 124 Å². The summed E-state index contributed by atoms with van der Waals surface area (Å²) in [6.45, 7) is 2.72. The molecule has 0 saturated carbocycles. The molecule has 1 fully saturated rings. The number of furan rings is 1. The van der Waals surface area contributed by atoms with Gasteiger partial charge in [0.1, 0.15) is 0 Å². The van der Waals surface area contributed by atoms with Gasteiger partial charge in [0.2, 0.25) is 0 Å². The van der Waals surface area contributed by atoms with Gasteiger partial charge in [0, 0.05) is 25.8 Å². The van der Waals surface area contributed by atoms with Gasteiger partial charge in [-0.25, -0.2) is 0 Å². The van der Waals surface area contributed by atoms with Crippen LogP contribution in [0.15, 0.2) is 47.3 Å². The normalized spacial score (nSPS) is 15.9. The van der Waals surface area contributed by atoms with E-state index >= 15 is 0 Å². The molecule has 21 heavy (non-hydrogen) atoms. The number of hydrogen-bond acceptors (Lipinski definition) is 4. The number of carbonyl (C=O) groups excluding carboxylic acids is 1. The highest BCUT2D eigenvalue weighted by Gasteiger charge is 2.20. The van der Waals surface area contributed by atoms with Gasteiger partial charge in [0.25, 0.3) is 5.91 Å². The third kappa shape index (κ3) is 3.42. The van der Waals surface area contributed by atoms with E-state index in [9.17, 15) is 4.79 Å². The maximum atomic E-state index is 11.8. The molecular formula is C16H19N3O2. The molecule has 2 aromatic rings. The van der Waals surface area contributed by atoms with E-state index in [4.69, 9.17) is 4.42 Å². The van der Waals surface area contributed by atoms with E-state index < -0.39 is 0 Å². The summed E-state index contributed by atoms with van der Waals surface area (Å²) in [6, 6.07) is 7.46. The molecule has 3 heterocycles. The highest BCUT2D eigenvalue weighted by Crippen LogP contribution is 2.22. The van der Waals surface area contributed by atoms with Crippen LogP contribution in [0.2, 0.25) is 0 Å². The number of piperidine rings is 1. The molecule has 0 spiro atoms. The Balaban J connectivity index is 1.45. The molecule has 0 atom stereocenters. The molecule has 0 radical (unpaired) electrons. The van der Waals surface area contributed by atoms with Crippen LogP contribution in [0.1, 0.15) is 23.4 Å². The minimum Gasteiger partial charge on any atom is -0.459 e. The van der Waals surface area contributed by atoms with Crippen molar-refractivity contribution < 1.29 is 9.21 Å². The van der Waals surface area contributed by atoms with Gasteiger partial charge in [0.15, 0.2) is 5.76 Å². The summed E-state index contributed by atoms with van der Waals surface area (Å²) in [6.07, 6.45) is 7.36. The predicted molar refractivity (Wildman–Crippen MR) is 80.2 cm³/mol. The molecule has 0 aliphatic carbocycles. The van der Waals surface area contributed by atoms with Crippen LogP contribution in [0, 0.1) is 5.92 Å². The second-order valence-corrected chi connectivity index (χ2v) is 5.33. The van der Waals surface area contributed by atoms with Crippen LogP contribution < -0.4 is 10.2 Å².